The molecule has 1 aromatic heterocycles. The second kappa shape index (κ2) is 6.60. The highest BCUT2D eigenvalue weighted by molar-refractivity contribution is 5.95. The molecule has 1 atom stereocenters. The van der Waals surface area contributed by atoms with E-state index in [0.29, 0.717) is 11.1 Å². The number of hydrogen-bond donors (Lipinski definition) is 1. The first-order valence-electron chi connectivity index (χ1n) is 8.84. The van der Waals surface area contributed by atoms with E-state index in [1.54, 1.807) is 12.3 Å². The van der Waals surface area contributed by atoms with Gasteiger partial charge in [-0.25, -0.2) is 4.98 Å². The van der Waals surface area contributed by atoms with Gasteiger partial charge in [0.15, 0.2) is 0 Å². The van der Waals surface area contributed by atoms with Gasteiger partial charge >= 0.3 is 0 Å². The molecule has 0 bridgehead atoms. The predicted molar refractivity (Wildman–Crippen MR) is 94.4 cm³/mol. The standard InChI is InChI=1S/C19H21N5O/c20-12-15-11-14(3-5-17(15)23-8-1-2-9-23)19(25)22-16-4-6-18-21-7-10-24(18)13-16/h3,5,7,10-11,16H,1-2,4,6,8-9,13H2,(H,22,25)/t16-/m0/s1. The summed E-state index contributed by atoms with van der Waals surface area (Å²) < 4.78 is 2.09. The van der Waals surface area contributed by atoms with Gasteiger partial charge in [-0.3, -0.25) is 4.79 Å². The van der Waals surface area contributed by atoms with E-state index in [1.165, 1.54) is 0 Å². The molecule has 0 saturated carbocycles. The minimum atomic E-state index is -0.113. The van der Waals surface area contributed by atoms with E-state index in [9.17, 15) is 10.1 Å². The van der Waals surface area contributed by atoms with Crippen LogP contribution in [0.15, 0.2) is 30.6 Å². The molecule has 6 nitrogen and oxygen atoms in total. The predicted octanol–water partition coefficient (Wildman–Crippen LogP) is 2.10. The number of amides is 1. The number of carbonyl (C=O) groups is 1. The summed E-state index contributed by atoms with van der Waals surface area (Å²) in [4.78, 5) is 19.1. The van der Waals surface area contributed by atoms with Crippen LogP contribution in [0.2, 0.25) is 0 Å². The number of aromatic nitrogens is 2. The maximum absolute atomic E-state index is 12.6. The number of aryl methyl sites for hydroxylation is 1. The van der Waals surface area contributed by atoms with Crippen molar-refractivity contribution in [3.8, 4) is 6.07 Å². The van der Waals surface area contributed by atoms with Crippen LogP contribution in [0.3, 0.4) is 0 Å². The summed E-state index contributed by atoms with van der Waals surface area (Å²) in [5.41, 5.74) is 2.07. The van der Waals surface area contributed by atoms with Crippen molar-refractivity contribution >= 4 is 11.6 Å². The van der Waals surface area contributed by atoms with Gasteiger partial charge in [0, 0.05) is 50.1 Å². The largest absolute Gasteiger partial charge is 0.370 e. The van der Waals surface area contributed by atoms with E-state index in [4.69, 9.17) is 0 Å². The van der Waals surface area contributed by atoms with Crippen molar-refractivity contribution < 1.29 is 4.79 Å². The van der Waals surface area contributed by atoms with Crippen molar-refractivity contribution in [2.24, 2.45) is 0 Å². The number of nitriles is 1. The summed E-state index contributed by atoms with van der Waals surface area (Å²) in [7, 11) is 0. The zero-order valence-corrected chi connectivity index (χ0v) is 14.1. The molecule has 128 valence electrons. The van der Waals surface area contributed by atoms with Crippen LogP contribution in [-0.2, 0) is 13.0 Å². The Hall–Kier alpha value is -2.81. The second-order valence-corrected chi connectivity index (χ2v) is 6.74. The topological polar surface area (TPSA) is 74.0 Å². The van der Waals surface area contributed by atoms with Crippen molar-refractivity contribution in [2.45, 2.75) is 38.3 Å². The monoisotopic (exact) mass is 335 g/mol. The van der Waals surface area contributed by atoms with Crippen molar-refractivity contribution in [1.29, 1.82) is 5.26 Å². The summed E-state index contributed by atoms with van der Waals surface area (Å²) in [6.07, 6.45) is 7.83. The zero-order chi connectivity index (χ0) is 17.2. The normalized spacial score (nSPS) is 19.3. The highest BCUT2D eigenvalue weighted by Crippen LogP contribution is 2.25. The summed E-state index contributed by atoms with van der Waals surface area (Å²) in [6, 6.07) is 7.80. The molecule has 2 aromatic rings. The van der Waals surface area contributed by atoms with Crippen molar-refractivity contribution in [3.63, 3.8) is 0 Å². The number of imidazole rings is 1. The fourth-order valence-corrected chi connectivity index (χ4v) is 3.75. The molecule has 4 rings (SSSR count). The number of carbonyl (C=O) groups excluding carboxylic acids is 1. The first-order valence-corrected chi connectivity index (χ1v) is 8.84. The smallest absolute Gasteiger partial charge is 0.251 e. The van der Waals surface area contributed by atoms with Gasteiger partial charge in [-0.05, 0) is 37.5 Å². The van der Waals surface area contributed by atoms with Crippen LogP contribution in [0.1, 0.15) is 41.0 Å². The van der Waals surface area contributed by atoms with Crippen molar-refractivity contribution in [1.82, 2.24) is 14.9 Å². The Morgan fingerprint density at radius 2 is 2.16 bits per heavy atom. The number of fused-ring (bicyclic) bond motifs is 1. The van der Waals surface area contributed by atoms with E-state index in [1.807, 2.05) is 18.3 Å². The summed E-state index contributed by atoms with van der Waals surface area (Å²) in [5.74, 6) is 0.963. The number of nitrogens with one attached hydrogen (secondary N) is 1. The zero-order valence-electron chi connectivity index (χ0n) is 14.1. The fourth-order valence-electron chi connectivity index (χ4n) is 3.75. The molecule has 0 aliphatic carbocycles. The maximum Gasteiger partial charge on any atom is 0.251 e. The molecule has 1 aromatic carbocycles. The molecule has 1 N–H and O–H groups in total. The lowest BCUT2D eigenvalue weighted by molar-refractivity contribution is 0.0927. The molecule has 3 heterocycles. The lowest BCUT2D eigenvalue weighted by atomic mass is 10.0. The second-order valence-electron chi connectivity index (χ2n) is 6.74. The van der Waals surface area contributed by atoms with E-state index in [-0.39, 0.29) is 11.9 Å². The molecule has 2 aliphatic rings. The molecular weight excluding hydrogens is 314 g/mol. The Morgan fingerprint density at radius 1 is 1.32 bits per heavy atom. The summed E-state index contributed by atoms with van der Waals surface area (Å²) >= 11 is 0. The fraction of sp³-hybridized carbons (Fsp3) is 0.421. The van der Waals surface area contributed by atoms with Crippen LogP contribution in [0.4, 0.5) is 5.69 Å². The Balaban J connectivity index is 1.48. The van der Waals surface area contributed by atoms with Gasteiger partial charge in [-0.2, -0.15) is 5.26 Å². The number of rotatable bonds is 3. The van der Waals surface area contributed by atoms with Gasteiger partial charge in [0.25, 0.3) is 5.91 Å². The number of anilines is 1. The average molecular weight is 335 g/mol. The van der Waals surface area contributed by atoms with E-state index in [2.05, 4.69) is 25.8 Å². The van der Waals surface area contributed by atoms with Gasteiger partial charge in [-0.1, -0.05) is 0 Å². The first-order chi connectivity index (χ1) is 12.2. The van der Waals surface area contributed by atoms with Gasteiger partial charge in [0.2, 0.25) is 0 Å². The minimum Gasteiger partial charge on any atom is -0.370 e. The van der Waals surface area contributed by atoms with Crippen LogP contribution in [-0.4, -0.2) is 34.6 Å². The minimum absolute atomic E-state index is 0.0954. The number of benzene rings is 1. The number of hydrogen-bond acceptors (Lipinski definition) is 4. The molecule has 2 aliphatic heterocycles. The van der Waals surface area contributed by atoms with Crippen molar-refractivity contribution in [3.05, 3.63) is 47.5 Å². The summed E-state index contributed by atoms with van der Waals surface area (Å²) in [6.45, 7) is 2.71. The highest BCUT2D eigenvalue weighted by Gasteiger charge is 2.22. The van der Waals surface area contributed by atoms with Crippen LogP contribution in [0.25, 0.3) is 0 Å². The third kappa shape index (κ3) is 3.10. The molecule has 1 amide bonds. The third-order valence-corrected chi connectivity index (χ3v) is 5.10. The number of nitrogens with zero attached hydrogens (tertiary/aromatic N) is 4. The Bertz CT molecular complexity index is 829. The molecule has 0 unspecified atom stereocenters. The van der Waals surface area contributed by atoms with Gasteiger partial charge in [0.05, 0.1) is 11.3 Å². The van der Waals surface area contributed by atoms with E-state index in [0.717, 1.165) is 56.8 Å². The maximum atomic E-state index is 12.6. The molecule has 6 heteroatoms. The molecule has 1 saturated heterocycles. The average Bonchev–Trinajstić information content (AvgIpc) is 3.32. The van der Waals surface area contributed by atoms with Gasteiger partial charge < -0.3 is 14.8 Å². The lowest BCUT2D eigenvalue weighted by Gasteiger charge is -2.25. The molecule has 25 heavy (non-hydrogen) atoms. The van der Waals surface area contributed by atoms with Crippen molar-refractivity contribution in [2.75, 3.05) is 18.0 Å². The van der Waals surface area contributed by atoms with Gasteiger partial charge in [0.1, 0.15) is 11.9 Å². The first kappa shape index (κ1) is 15.7. The summed E-state index contributed by atoms with van der Waals surface area (Å²) in [5, 5.41) is 12.6. The van der Waals surface area contributed by atoms with Crippen LogP contribution < -0.4 is 10.2 Å². The molecule has 1 fully saturated rings. The molecule has 0 spiro atoms. The Labute approximate surface area is 147 Å². The quantitative estimate of drug-likeness (QED) is 0.932. The third-order valence-electron chi connectivity index (χ3n) is 5.10. The van der Waals surface area contributed by atoms with Crippen LogP contribution >= 0.6 is 0 Å². The molecule has 0 radical (unpaired) electrons. The Kier molecular flexibility index (Phi) is 4.14. The SMILES string of the molecule is N#Cc1cc(C(=O)N[C@H]2CCc3nccn3C2)ccc1N1CCCC1. The van der Waals surface area contributed by atoms with Crippen LogP contribution in [0.5, 0.6) is 0 Å². The Morgan fingerprint density at radius 3 is 2.96 bits per heavy atom. The highest BCUT2D eigenvalue weighted by atomic mass is 16.1. The van der Waals surface area contributed by atoms with Crippen LogP contribution in [0, 0.1) is 11.3 Å². The van der Waals surface area contributed by atoms with Gasteiger partial charge in [-0.15, -0.1) is 0 Å². The molecular formula is C19H21N5O. The lowest BCUT2D eigenvalue weighted by Crippen LogP contribution is -2.40. The van der Waals surface area contributed by atoms with E-state index < -0.39 is 0 Å². The van der Waals surface area contributed by atoms with E-state index >= 15 is 0 Å².